The Morgan fingerprint density at radius 1 is 1.32 bits per heavy atom. The number of nitrogens with one attached hydrogen (secondary N) is 1. The Labute approximate surface area is 130 Å². The van der Waals surface area contributed by atoms with E-state index in [-0.39, 0.29) is 11.9 Å². The smallest absolute Gasteiger partial charge is 0.221 e. The van der Waals surface area contributed by atoms with E-state index < -0.39 is 0 Å². The number of carbonyl (C=O) groups is 1. The standard InChI is InChI=1S/C17H21N3O2/c1-12-13(2)22-17(19-12)11-20-9-8-18-16(21)10-15(20)14-6-4-3-5-7-14/h3-7,15H,8-11H2,1-2H3,(H,18,21)/t15-/m1/s1. The van der Waals surface area contributed by atoms with Gasteiger partial charge in [0.1, 0.15) is 5.76 Å². The topological polar surface area (TPSA) is 58.4 Å². The molecule has 1 aromatic carbocycles. The molecule has 0 saturated carbocycles. The summed E-state index contributed by atoms with van der Waals surface area (Å²) in [5.41, 5.74) is 2.08. The fourth-order valence-corrected chi connectivity index (χ4v) is 2.85. The van der Waals surface area contributed by atoms with E-state index in [9.17, 15) is 4.79 Å². The minimum atomic E-state index is 0.0520. The number of carbonyl (C=O) groups excluding carboxylic acids is 1. The average Bonchev–Trinajstić information content (AvgIpc) is 2.71. The molecule has 0 unspecified atom stereocenters. The molecule has 0 aliphatic carbocycles. The molecule has 5 nitrogen and oxygen atoms in total. The zero-order valence-corrected chi connectivity index (χ0v) is 13.0. The predicted molar refractivity (Wildman–Crippen MR) is 83.2 cm³/mol. The Balaban J connectivity index is 1.86. The Kier molecular flexibility index (Phi) is 4.24. The van der Waals surface area contributed by atoms with Gasteiger partial charge in [-0.25, -0.2) is 4.98 Å². The molecule has 2 heterocycles. The van der Waals surface area contributed by atoms with Crippen molar-refractivity contribution in [2.75, 3.05) is 13.1 Å². The lowest BCUT2D eigenvalue weighted by molar-refractivity contribution is -0.121. The molecule has 1 N–H and O–H groups in total. The monoisotopic (exact) mass is 299 g/mol. The Hall–Kier alpha value is -2.14. The van der Waals surface area contributed by atoms with Crippen molar-refractivity contribution in [3.63, 3.8) is 0 Å². The van der Waals surface area contributed by atoms with E-state index in [0.717, 1.165) is 23.6 Å². The van der Waals surface area contributed by atoms with Gasteiger partial charge in [-0.3, -0.25) is 9.69 Å². The first kappa shape index (κ1) is 14.8. The number of nitrogens with zero attached hydrogens (tertiary/aromatic N) is 2. The van der Waals surface area contributed by atoms with Crippen molar-refractivity contribution in [3.05, 3.63) is 53.2 Å². The molecule has 1 aliphatic heterocycles. The average molecular weight is 299 g/mol. The molecule has 116 valence electrons. The minimum Gasteiger partial charge on any atom is -0.444 e. The summed E-state index contributed by atoms with van der Waals surface area (Å²) in [5, 5.41) is 2.94. The third kappa shape index (κ3) is 3.20. The normalized spacial score (nSPS) is 19.7. The van der Waals surface area contributed by atoms with Crippen LogP contribution in [0.15, 0.2) is 34.7 Å². The third-order valence-corrected chi connectivity index (χ3v) is 4.14. The van der Waals surface area contributed by atoms with Crippen LogP contribution in [0.1, 0.15) is 35.4 Å². The highest BCUT2D eigenvalue weighted by Gasteiger charge is 2.27. The van der Waals surface area contributed by atoms with Gasteiger partial charge in [-0.15, -0.1) is 0 Å². The van der Waals surface area contributed by atoms with Gasteiger partial charge in [-0.1, -0.05) is 30.3 Å². The lowest BCUT2D eigenvalue weighted by atomic mass is 10.0. The number of aromatic nitrogens is 1. The van der Waals surface area contributed by atoms with Gasteiger partial charge in [0.25, 0.3) is 0 Å². The number of hydrogen-bond donors (Lipinski definition) is 1. The molecular weight excluding hydrogens is 278 g/mol. The molecule has 22 heavy (non-hydrogen) atoms. The molecule has 1 atom stereocenters. The maximum Gasteiger partial charge on any atom is 0.221 e. The first-order valence-electron chi connectivity index (χ1n) is 7.62. The number of oxazole rings is 1. The van der Waals surface area contributed by atoms with Crippen LogP contribution in [0.3, 0.4) is 0 Å². The lowest BCUT2D eigenvalue weighted by Gasteiger charge is -2.28. The molecule has 0 radical (unpaired) electrons. The van der Waals surface area contributed by atoms with Crippen LogP contribution in [0.2, 0.25) is 0 Å². The third-order valence-electron chi connectivity index (χ3n) is 4.14. The summed E-state index contributed by atoms with van der Waals surface area (Å²) in [6.07, 6.45) is 0.461. The van der Waals surface area contributed by atoms with E-state index in [4.69, 9.17) is 4.42 Å². The zero-order chi connectivity index (χ0) is 15.5. The van der Waals surface area contributed by atoms with Gasteiger partial charge in [0.15, 0.2) is 0 Å². The summed E-state index contributed by atoms with van der Waals surface area (Å²) >= 11 is 0. The fraction of sp³-hybridized carbons (Fsp3) is 0.412. The SMILES string of the molecule is Cc1nc(CN2CCNC(=O)C[C@@H]2c2ccccc2)oc1C. The van der Waals surface area contributed by atoms with Crippen molar-refractivity contribution in [1.29, 1.82) is 0 Å². The van der Waals surface area contributed by atoms with Crippen molar-refractivity contribution < 1.29 is 9.21 Å². The van der Waals surface area contributed by atoms with Crippen molar-refractivity contribution in [2.24, 2.45) is 0 Å². The van der Waals surface area contributed by atoms with Gasteiger partial charge in [0.2, 0.25) is 11.8 Å². The molecule has 1 saturated heterocycles. The molecular formula is C17H21N3O2. The number of amides is 1. The van der Waals surface area contributed by atoms with E-state index in [2.05, 4.69) is 27.3 Å². The molecule has 5 heteroatoms. The highest BCUT2D eigenvalue weighted by atomic mass is 16.4. The molecule has 0 bridgehead atoms. The first-order chi connectivity index (χ1) is 10.6. The molecule has 2 aromatic rings. The van der Waals surface area contributed by atoms with Crippen LogP contribution in [0.5, 0.6) is 0 Å². The van der Waals surface area contributed by atoms with Gasteiger partial charge in [0, 0.05) is 25.6 Å². The Morgan fingerprint density at radius 3 is 2.77 bits per heavy atom. The van der Waals surface area contributed by atoms with Crippen molar-refractivity contribution in [3.8, 4) is 0 Å². The van der Waals surface area contributed by atoms with Crippen LogP contribution in [-0.4, -0.2) is 28.9 Å². The van der Waals surface area contributed by atoms with Crippen molar-refractivity contribution in [1.82, 2.24) is 15.2 Å². The number of aryl methyl sites for hydroxylation is 2. The van der Waals surface area contributed by atoms with E-state index in [1.54, 1.807) is 0 Å². The summed E-state index contributed by atoms with van der Waals surface area (Å²) < 4.78 is 5.71. The van der Waals surface area contributed by atoms with Crippen LogP contribution in [0, 0.1) is 13.8 Å². The first-order valence-corrected chi connectivity index (χ1v) is 7.62. The quantitative estimate of drug-likeness (QED) is 0.945. The Morgan fingerprint density at radius 2 is 2.09 bits per heavy atom. The van der Waals surface area contributed by atoms with Crippen LogP contribution in [0.25, 0.3) is 0 Å². The molecule has 1 amide bonds. The van der Waals surface area contributed by atoms with E-state index in [1.807, 2.05) is 32.0 Å². The molecule has 1 fully saturated rings. The van der Waals surface area contributed by atoms with Crippen LogP contribution >= 0.6 is 0 Å². The van der Waals surface area contributed by atoms with Gasteiger partial charge in [-0.05, 0) is 19.4 Å². The predicted octanol–water partition coefficient (Wildman–Crippen LogP) is 2.35. The van der Waals surface area contributed by atoms with Crippen molar-refractivity contribution >= 4 is 5.91 Å². The number of rotatable bonds is 3. The van der Waals surface area contributed by atoms with Gasteiger partial charge in [0.05, 0.1) is 12.2 Å². The molecule has 1 aromatic heterocycles. The fourth-order valence-electron chi connectivity index (χ4n) is 2.85. The number of hydrogen-bond acceptors (Lipinski definition) is 4. The zero-order valence-electron chi connectivity index (χ0n) is 13.0. The summed E-state index contributed by atoms with van der Waals surface area (Å²) in [4.78, 5) is 18.7. The van der Waals surface area contributed by atoms with E-state index in [1.165, 1.54) is 0 Å². The molecule has 1 aliphatic rings. The van der Waals surface area contributed by atoms with E-state index in [0.29, 0.717) is 25.4 Å². The lowest BCUT2D eigenvalue weighted by Crippen LogP contribution is -2.30. The molecule has 3 rings (SSSR count). The maximum absolute atomic E-state index is 11.9. The summed E-state index contributed by atoms with van der Waals surface area (Å²) in [5.74, 6) is 1.66. The second kappa shape index (κ2) is 6.32. The number of benzene rings is 1. The maximum atomic E-state index is 11.9. The summed E-state index contributed by atoms with van der Waals surface area (Å²) in [6.45, 7) is 5.92. The van der Waals surface area contributed by atoms with Gasteiger partial charge in [-0.2, -0.15) is 0 Å². The largest absolute Gasteiger partial charge is 0.444 e. The van der Waals surface area contributed by atoms with Crippen LogP contribution in [0.4, 0.5) is 0 Å². The van der Waals surface area contributed by atoms with Gasteiger partial charge < -0.3 is 9.73 Å². The minimum absolute atomic E-state index is 0.0520. The summed E-state index contributed by atoms with van der Waals surface area (Å²) in [7, 11) is 0. The Bertz CT molecular complexity index is 632. The van der Waals surface area contributed by atoms with Gasteiger partial charge >= 0.3 is 0 Å². The highest BCUT2D eigenvalue weighted by molar-refractivity contribution is 5.77. The van der Waals surface area contributed by atoms with E-state index >= 15 is 0 Å². The van der Waals surface area contributed by atoms with Crippen LogP contribution < -0.4 is 5.32 Å². The highest BCUT2D eigenvalue weighted by Crippen LogP contribution is 2.27. The van der Waals surface area contributed by atoms with Crippen molar-refractivity contribution in [2.45, 2.75) is 32.9 Å². The molecule has 0 spiro atoms. The summed E-state index contributed by atoms with van der Waals surface area (Å²) in [6, 6.07) is 10.2. The van der Waals surface area contributed by atoms with Crippen LogP contribution in [-0.2, 0) is 11.3 Å². The second-order valence-corrected chi connectivity index (χ2v) is 5.70. The second-order valence-electron chi connectivity index (χ2n) is 5.70.